The number of nitrogens with two attached hydrogens (primary N) is 1. The molecule has 82 valence electrons. The van der Waals surface area contributed by atoms with E-state index in [1.165, 1.54) is 18.3 Å². The Bertz CT molecular complexity index is 539. The zero-order valence-corrected chi connectivity index (χ0v) is 8.67. The van der Waals surface area contributed by atoms with E-state index in [-0.39, 0.29) is 5.56 Å². The van der Waals surface area contributed by atoms with Crippen molar-refractivity contribution in [3.63, 3.8) is 0 Å². The van der Waals surface area contributed by atoms with Gasteiger partial charge in [-0.25, -0.2) is 13.8 Å². The second kappa shape index (κ2) is 3.89. The third kappa shape index (κ3) is 1.74. The number of aromatic nitrogens is 1. The molecule has 0 bridgehead atoms. The Morgan fingerprint density at radius 3 is 2.62 bits per heavy atom. The monoisotopic (exact) mass is 220 g/mol. The Hall–Kier alpha value is -1.97. The number of pyridine rings is 1. The number of aryl methyl sites for hydroxylation is 1. The van der Waals surface area contributed by atoms with Gasteiger partial charge in [0.2, 0.25) is 0 Å². The highest BCUT2D eigenvalue weighted by Crippen LogP contribution is 2.27. The topological polar surface area (TPSA) is 38.9 Å². The predicted octanol–water partition coefficient (Wildman–Crippen LogP) is 2.92. The maximum atomic E-state index is 13.5. The first-order chi connectivity index (χ1) is 7.59. The van der Waals surface area contributed by atoms with Crippen LogP contribution in [0.5, 0.6) is 0 Å². The molecule has 0 aliphatic carbocycles. The van der Waals surface area contributed by atoms with Gasteiger partial charge in [-0.15, -0.1) is 0 Å². The van der Waals surface area contributed by atoms with E-state index in [4.69, 9.17) is 5.73 Å². The average molecular weight is 220 g/mol. The molecule has 4 heteroatoms. The van der Waals surface area contributed by atoms with Crippen molar-refractivity contribution in [3.05, 3.63) is 47.7 Å². The molecule has 0 unspecified atom stereocenters. The van der Waals surface area contributed by atoms with Crippen LogP contribution in [-0.4, -0.2) is 4.98 Å². The Morgan fingerprint density at radius 2 is 1.94 bits per heavy atom. The molecule has 0 aliphatic rings. The maximum Gasteiger partial charge on any atom is 0.166 e. The number of anilines is 1. The predicted molar refractivity (Wildman–Crippen MR) is 58.7 cm³/mol. The van der Waals surface area contributed by atoms with E-state index in [9.17, 15) is 8.78 Å². The number of hydrogen-bond donors (Lipinski definition) is 1. The Balaban J connectivity index is 2.63. The molecule has 0 aliphatic heterocycles. The van der Waals surface area contributed by atoms with Crippen molar-refractivity contribution >= 4 is 5.82 Å². The zero-order valence-electron chi connectivity index (χ0n) is 8.67. The minimum absolute atomic E-state index is 0.199. The molecule has 0 saturated heterocycles. The summed E-state index contributed by atoms with van der Waals surface area (Å²) in [7, 11) is 0. The number of rotatable bonds is 1. The average Bonchev–Trinajstić information content (AvgIpc) is 2.23. The summed E-state index contributed by atoms with van der Waals surface area (Å²) in [5.41, 5.74) is 7.00. The van der Waals surface area contributed by atoms with E-state index in [2.05, 4.69) is 4.98 Å². The van der Waals surface area contributed by atoms with Crippen molar-refractivity contribution in [3.8, 4) is 11.1 Å². The van der Waals surface area contributed by atoms with Crippen LogP contribution in [0.4, 0.5) is 14.6 Å². The van der Waals surface area contributed by atoms with Gasteiger partial charge >= 0.3 is 0 Å². The maximum absolute atomic E-state index is 13.5. The third-order valence-electron chi connectivity index (χ3n) is 2.37. The molecular weight excluding hydrogens is 210 g/mol. The van der Waals surface area contributed by atoms with Crippen LogP contribution < -0.4 is 5.73 Å². The fraction of sp³-hybridized carbons (Fsp3) is 0.0833. The third-order valence-corrected chi connectivity index (χ3v) is 2.37. The lowest BCUT2D eigenvalue weighted by molar-refractivity contribution is 0.511. The first-order valence-electron chi connectivity index (χ1n) is 4.76. The number of halogens is 2. The molecule has 0 fully saturated rings. The number of nitrogens with zero attached hydrogens (tertiary/aromatic N) is 1. The molecule has 0 saturated carbocycles. The molecular formula is C12H10F2N2. The van der Waals surface area contributed by atoms with Crippen LogP contribution in [0.1, 0.15) is 5.56 Å². The van der Waals surface area contributed by atoms with Gasteiger partial charge in [0.15, 0.2) is 11.6 Å². The van der Waals surface area contributed by atoms with Gasteiger partial charge in [0.1, 0.15) is 5.82 Å². The van der Waals surface area contributed by atoms with E-state index >= 15 is 0 Å². The normalized spacial score (nSPS) is 10.4. The highest BCUT2D eigenvalue weighted by atomic mass is 19.2. The molecule has 0 spiro atoms. The summed E-state index contributed by atoms with van der Waals surface area (Å²) >= 11 is 0. The second-order valence-electron chi connectivity index (χ2n) is 3.53. The lowest BCUT2D eigenvalue weighted by Gasteiger charge is -2.07. The summed E-state index contributed by atoms with van der Waals surface area (Å²) in [5, 5.41) is 0. The quantitative estimate of drug-likeness (QED) is 0.802. The van der Waals surface area contributed by atoms with E-state index < -0.39 is 11.6 Å². The lowest BCUT2D eigenvalue weighted by atomic mass is 10.0. The van der Waals surface area contributed by atoms with Crippen LogP contribution in [0.2, 0.25) is 0 Å². The lowest BCUT2D eigenvalue weighted by Crippen LogP contribution is -1.95. The van der Waals surface area contributed by atoms with Gasteiger partial charge in [-0.1, -0.05) is 12.1 Å². The van der Waals surface area contributed by atoms with Crippen molar-refractivity contribution in [1.82, 2.24) is 4.98 Å². The van der Waals surface area contributed by atoms with Gasteiger partial charge < -0.3 is 5.73 Å². The molecule has 1 aromatic carbocycles. The molecule has 0 amide bonds. The number of nitrogen functional groups attached to an aromatic ring is 1. The van der Waals surface area contributed by atoms with Crippen molar-refractivity contribution < 1.29 is 8.78 Å². The fourth-order valence-corrected chi connectivity index (χ4v) is 1.57. The second-order valence-corrected chi connectivity index (χ2v) is 3.53. The van der Waals surface area contributed by atoms with E-state index in [1.54, 1.807) is 13.0 Å². The van der Waals surface area contributed by atoms with Crippen LogP contribution in [0.15, 0.2) is 30.5 Å². The van der Waals surface area contributed by atoms with E-state index in [0.717, 1.165) is 11.6 Å². The Morgan fingerprint density at radius 1 is 1.19 bits per heavy atom. The molecule has 2 rings (SSSR count). The summed E-state index contributed by atoms with van der Waals surface area (Å²) < 4.78 is 26.6. The number of benzene rings is 1. The molecule has 1 heterocycles. The van der Waals surface area contributed by atoms with Crippen LogP contribution in [0.3, 0.4) is 0 Å². The van der Waals surface area contributed by atoms with Crippen LogP contribution in [0, 0.1) is 18.6 Å². The summed E-state index contributed by atoms with van der Waals surface area (Å²) in [5.74, 6) is -1.37. The van der Waals surface area contributed by atoms with Crippen molar-refractivity contribution in [2.75, 3.05) is 5.73 Å². The van der Waals surface area contributed by atoms with Crippen LogP contribution in [-0.2, 0) is 0 Å². The molecule has 2 nitrogen and oxygen atoms in total. The molecule has 1 aromatic heterocycles. The smallest absolute Gasteiger partial charge is 0.166 e. The largest absolute Gasteiger partial charge is 0.384 e. The van der Waals surface area contributed by atoms with Crippen LogP contribution in [0.25, 0.3) is 11.1 Å². The first kappa shape index (κ1) is 10.5. The van der Waals surface area contributed by atoms with E-state index in [0.29, 0.717) is 11.4 Å². The Kier molecular flexibility index (Phi) is 2.56. The molecule has 0 atom stereocenters. The highest BCUT2D eigenvalue weighted by Gasteiger charge is 2.11. The first-order valence-corrected chi connectivity index (χ1v) is 4.76. The Labute approximate surface area is 91.7 Å². The summed E-state index contributed by atoms with van der Waals surface area (Å²) in [6, 6.07) is 5.68. The summed E-state index contributed by atoms with van der Waals surface area (Å²) in [6.07, 6.45) is 1.45. The fourth-order valence-electron chi connectivity index (χ4n) is 1.57. The standard InChI is InChI=1S/C12H10F2N2/c1-7-5-11(15)16-6-9(7)8-3-2-4-10(13)12(8)14/h2-6H,1H3,(H2,15,16). The van der Waals surface area contributed by atoms with Gasteiger partial charge in [0.05, 0.1) is 0 Å². The molecule has 2 aromatic rings. The van der Waals surface area contributed by atoms with Crippen molar-refractivity contribution in [2.24, 2.45) is 0 Å². The minimum Gasteiger partial charge on any atom is -0.384 e. The van der Waals surface area contributed by atoms with Gasteiger partial charge in [-0.05, 0) is 24.6 Å². The van der Waals surface area contributed by atoms with Crippen molar-refractivity contribution in [2.45, 2.75) is 6.92 Å². The molecule has 2 N–H and O–H groups in total. The van der Waals surface area contributed by atoms with Gasteiger partial charge in [-0.3, -0.25) is 0 Å². The van der Waals surface area contributed by atoms with Gasteiger partial charge in [-0.2, -0.15) is 0 Å². The van der Waals surface area contributed by atoms with Crippen molar-refractivity contribution in [1.29, 1.82) is 0 Å². The highest BCUT2D eigenvalue weighted by molar-refractivity contribution is 5.68. The SMILES string of the molecule is Cc1cc(N)ncc1-c1cccc(F)c1F. The molecule has 16 heavy (non-hydrogen) atoms. The zero-order chi connectivity index (χ0) is 11.7. The van der Waals surface area contributed by atoms with E-state index in [1.807, 2.05) is 0 Å². The van der Waals surface area contributed by atoms with Gasteiger partial charge in [0.25, 0.3) is 0 Å². The number of hydrogen-bond acceptors (Lipinski definition) is 2. The summed E-state index contributed by atoms with van der Waals surface area (Å²) in [4.78, 5) is 3.88. The summed E-state index contributed by atoms with van der Waals surface area (Å²) in [6.45, 7) is 1.78. The minimum atomic E-state index is -0.867. The molecule has 0 radical (unpaired) electrons. The van der Waals surface area contributed by atoms with Gasteiger partial charge in [0, 0.05) is 17.3 Å². The van der Waals surface area contributed by atoms with Crippen LogP contribution >= 0.6 is 0 Å².